The van der Waals surface area contributed by atoms with Crippen LogP contribution in [0.3, 0.4) is 0 Å². The number of hydrogen-bond donors (Lipinski definition) is 2. The molecule has 0 bridgehead atoms. The number of anilines is 3. The molecule has 9 heteroatoms. The maximum Gasteiger partial charge on any atom is 0.184 e. The lowest BCUT2D eigenvalue weighted by molar-refractivity contribution is 0.628. The summed E-state index contributed by atoms with van der Waals surface area (Å²) >= 11 is 5.80. The first-order valence-corrected chi connectivity index (χ1v) is 7.64. The van der Waals surface area contributed by atoms with Gasteiger partial charge in [0.1, 0.15) is 23.3 Å². The van der Waals surface area contributed by atoms with Gasteiger partial charge in [-0.1, -0.05) is 28.9 Å². The summed E-state index contributed by atoms with van der Waals surface area (Å²) < 4.78 is 14.8. The van der Waals surface area contributed by atoms with Gasteiger partial charge in [-0.25, -0.2) is 14.4 Å². The Balaban J connectivity index is 1.76. The molecule has 124 valence electrons. The first-order valence-electron chi connectivity index (χ1n) is 7.27. The van der Waals surface area contributed by atoms with E-state index in [2.05, 4.69) is 25.6 Å². The number of hydrogen-bond acceptors (Lipinski definition) is 6. The Morgan fingerprint density at radius 1 is 1.12 bits per heavy atom. The lowest BCUT2D eigenvalue weighted by Crippen LogP contribution is -2.08. The molecule has 4 aromatic rings. The summed E-state index contributed by atoms with van der Waals surface area (Å²) in [6, 6.07) is 11.7. The monoisotopic (exact) mass is 355 g/mol. The van der Waals surface area contributed by atoms with Crippen LogP contribution in [-0.4, -0.2) is 25.0 Å². The van der Waals surface area contributed by atoms with Gasteiger partial charge in [-0.15, -0.1) is 5.10 Å². The summed E-state index contributed by atoms with van der Waals surface area (Å²) in [7, 11) is 0. The Hall–Kier alpha value is -3.26. The molecule has 2 aromatic carbocycles. The molecule has 3 N–H and O–H groups in total. The van der Waals surface area contributed by atoms with E-state index in [0.717, 1.165) is 11.0 Å². The van der Waals surface area contributed by atoms with Crippen molar-refractivity contribution in [2.24, 2.45) is 0 Å². The van der Waals surface area contributed by atoms with E-state index < -0.39 is 5.82 Å². The van der Waals surface area contributed by atoms with Crippen molar-refractivity contribution in [3.05, 3.63) is 59.6 Å². The predicted octanol–water partition coefficient (Wildman–Crippen LogP) is 3.33. The minimum atomic E-state index is -0.502. The van der Waals surface area contributed by atoms with Gasteiger partial charge in [0, 0.05) is 5.69 Å². The first-order chi connectivity index (χ1) is 12.1. The van der Waals surface area contributed by atoms with Gasteiger partial charge in [-0.3, -0.25) is 0 Å². The van der Waals surface area contributed by atoms with Crippen molar-refractivity contribution in [3.8, 4) is 5.82 Å². The molecular weight excluding hydrogens is 345 g/mol. The molecule has 0 aliphatic rings. The van der Waals surface area contributed by atoms with Crippen molar-refractivity contribution in [2.45, 2.75) is 0 Å². The summed E-state index contributed by atoms with van der Waals surface area (Å²) in [5.74, 6) is 0.240. The van der Waals surface area contributed by atoms with E-state index in [9.17, 15) is 4.39 Å². The number of nitrogens with two attached hydrogens (primary N) is 1. The standard InChI is InChI=1S/C16H11ClFN7/c17-10-7-9(5-6-11(10)18)22-15-14(19)16(21-8-20-15)25-13-4-2-1-3-12(13)23-24-25/h1-8H,19H2,(H,20,21,22). The Morgan fingerprint density at radius 3 is 2.80 bits per heavy atom. The number of nitrogens with one attached hydrogen (secondary N) is 1. The van der Waals surface area contributed by atoms with Gasteiger partial charge >= 0.3 is 0 Å². The number of nitrogens with zero attached hydrogens (tertiary/aromatic N) is 5. The van der Waals surface area contributed by atoms with Crippen molar-refractivity contribution in [1.82, 2.24) is 25.0 Å². The fourth-order valence-electron chi connectivity index (χ4n) is 2.39. The molecule has 0 unspecified atom stereocenters. The normalized spacial score (nSPS) is 11.0. The molecule has 0 aliphatic carbocycles. The van der Waals surface area contributed by atoms with Crippen molar-refractivity contribution < 1.29 is 4.39 Å². The number of benzene rings is 2. The van der Waals surface area contributed by atoms with Crippen LogP contribution >= 0.6 is 11.6 Å². The molecule has 4 rings (SSSR count). The molecule has 0 amide bonds. The van der Waals surface area contributed by atoms with Crippen LogP contribution in [-0.2, 0) is 0 Å². The van der Waals surface area contributed by atoms with E-state index >= 15 is 0 Å². The number of nitrogen functional groups attached to an aromatic ring is 1. The van der Waals surface area contributed by atoms with Gasteiger partial charge < -0.3 is 11.1 Å². The zero-order valence-corrected chi connectivity index (χ0v) is 13.4. The smallest absolute Gasteiger partial charge is 0.184 e. The van der Waals surface area contributed by atoms with Crippen LogP contribution < -0.4 is 11.1 Å². The van der Waals surface area contributed by atoms with Gasteiger partial charge in [0.2, 0.25) is 0 Å². The highest BCUT2D eigenvalue weighted by atomic mass is 35.5. The summed E-state index contributed by atoms with van der Waals surface area (Å²) in [5.41, 5.74) is 8.51. The molecule has 0 saturated heterocycles. The third-order valence-electron chi connectivity index (χ3n) is 3.60. The number of para-hydroxylation sites is 1. The van der Waals surface area contributed by atoms with E-state index in [1.165, 1.54) is 29.2 Å². The summed E-state index contributed by atoms with van der Waals surface area (Å²) in [6.07, 6.45) is 1.36. The van der Waals surface area contributed by atoms with Crippen molar-refractivity contribution in [2.75, 3.05) is 11.1 Å². The van der Waals surface area contributed by atoms with Crippen LogP contribution in [0.1, 0.15) is 0 Å². The van der Waals surface area contributed by atoms with E-state index in [1.54, 1.807) is 0 Å². The van der Waals surface area contributed by atoms with Crippen molar-refractivity contribution in [3.63, 3.8) is 0 Å². The Bertz CT molecular complexity index is 1080. The Kier molecular flexibility index (Phi) is 3.66. The van der Waals surface area contributed by atoms with E-state index in [0.29, 0.717) is 17.3 Å². The maximum atomic E-state index is 13.3. The first kappa shape index (κ1) is 15.3. The highest BCUT2D eigenvalue weighted by Gasteiger charge is 2.14. The Morgan fingerprint density at radius 2 is 1.96 bits per heavy atom. The number of aromatic nitrogens is 5. The molecule has 0 radical (unpaired) electrons. The fraction of sp³-hybridized carbons (Fsp3) is 0. The van der Waals surface area contributed by atoms with E-state index in [4.69, 9.17) is 17.3 Å². The average Bonchev–Trinajstić information content (AvgIpc) is 3.04. The van der Waals surface area contributed by atoms with Crippen molar-refractivity contribution in [1.29, 1.82) is 0 Å². The van der Waals surface area contributed by atoms with Crippen LogP contribution in [0.2, 0.25) is 5.02 Å². The molecule has 0 spiro atoms. The quantitative estimate of drug-likeness (QED) is 0.585. The minimum Gasteiger partial charge on any atom is -0.393 e. The molecular formula is C16H11ClFN7. The second-order valence-electron chi connectivity index (χ2n) is 5.20. The van der Waals surface area contributed by atoms with Crippen LogP contribution in [0, 0.1) is 5.82 Å². The van der Waals surface area contributed by atoms with Gasteiger partial charge in [-0.2, -0.15) is 4.68 Å². The average molecular weight is 356 g/mol. The van der Waals surface area contributed by atoms with E-state index in [1.807, 2.05) is 24.3 Å². The summed E-state index contributed by atoms with van der Waals surface area (Å²) in [4.78, 5) is 8.33. The van der Waals surface area contributed by atoms with E-state index in [-0.39, 0.29) is 10.7 Å². The largest absolute Gasteiger partial charge is 0.393 e. The Labute approximate surface area is 146 Å². The third-order valence-corrected chi connectivity index (χ3v) is 3.89. The highest BCUT2D eigenvalue weighted by Crippen LogP contribution is 2.28. The molecule has 2 aromatic heterocycles. The zero-order valence-electron chi connectivity index (χ0n) is 12.7. The van der Waals surface area contributed by atoms with Gasteiger partial charge in [-0.05, 0) is 30.3 Å². The SMILES string of the molecule is Nc1c(Nc2ccc(F)c(Cl)c2)ncnc1-n1nnc2ccccc21. The lowest BCUT2D eigenvalue weighted by atomic mass is 10.3. The van der Waals surface area contributed by atoms with Crippen LogP contribution in [0.15, 0.2) is 48.8 Å². The molecule has 0 saturated carbocycles. The third kappa shape index (κ3) is 2.72. The van der Waals surface area contributed by atoms with Crippen LogP contribution in [0.25, 0.3) is 16.9 Å². The number of rotatable bonds is 3. The predicted molar refractivity (Wildman–Crippen MR) is 93.6 cm³/mol. The lowest BCUT2D eigenvalue weighted by Gasteiger charge is -2.11. The van der Waals surface area contributed by atoms with Gasteiger partial charge in [0.05, 0.1) is 10.5 Å². The molecule has 25 heavy (non-hydrogen) atoms. The topological polar surface area (TPSA) is 94.5 Å². The molecule has 2 heterocycles. The van der Waals surface area contributed by atoms with Gasteiger partial charge in [0.15, 0.2) is 11.6 Å². The fourth-order valence-corrected chi connectivity index (χ4v) is 2.57. The number of fused-ring (bicyclic) bond motifs is 1. The highest BCUT2D eigenvalue weighted by molar-refractivity contribution is 6.31. The molecule has 0 aliphatic heterocycles. The summed E-state index contributed by atoms with van der Waals surface area (Å²) in [6.45, 7) is 0. The number of halogens is 2. The molecule has 7 nitrogen and oxygen atoms in total. The second kappa shape index (κ2) is 5.99. The second-order valence-corrected chi connectivity index (χ2v) is 5.61. The summed E-state index contributed by atoms with van der Waals surface area (Å²) in [5, 5.41) is 11.2. The zero-order chi connectivity index (χ0) is 17.4. The molecule has 0 atom stereocenters. The van der Waals surface area contributed by atoms with Crippen LogP contribution in [0.4, 0.5) is 21.6 Å². The van der Waals surface area contributed by atoms with Gasteiger partial charge in [0.25, 0.3) is 0 Å². The van der Waals surface area contributed by atoms with Crippen molar-refractivity contribution >= 4 is 39.8 Å². The maximum absolute atomic E-state index is 13.3. The van der Waals surface area contributed by atoms with Crippen LogP contribution in [0.5, 0.6) is 0 Å². The minimum absolute atomic E-state index is 0.000112. The molecule has 0 fully saturated rings.